The summed E-state index contributed by atoms with van der Waals surface area (Å²) in [4.78, 5) is 11.0. The third-order valence-corrected chi connectivity index (χ3v) is 3.60. The number of rotatable bonds is 5. The van der Waals surface area contributed by atoms with Crippen molar-refractivity contribution in [2.75, 3.05) is 13.2 Å². The van der Waals surface area contributed by atoms with E-state index in [0.29, 0.717) is 13.2 Å². The van der Waals surface area contributed by atoms with E-state index in [1.54, 1.807) is 0 Å². The van der Waals surface area contributed by atoms with Crippen molar-refractivity contribution in [2.24, 2.45) is 0 Å². The summed E-state index contributed by atoms with van der Waals surface area (Å²) in [6.45, 7) is 8.61. The molecule has 0 unspecified atom stereocenters. The fraction of sp³-hybridized carbons (Fsp3) is 0.929. The quantitative estimate of drug-likeness (QED) is 0.713. The van der Waals surface area contributed by atoms with Gasteiger partial charge in [0.25, 0.3) is 0 Å². The van der Waals surface area contributed by atoms with E-state index in [1.165, 1.54) is 6.92 Å². The number of fused-ring (bicyclic) bond motifs is 1. The Kier molecular flexibility index (Phi) is 4.48. The summed E-state index contributed by atoms with van der Waals surface area (Å²) in [5, 5.41) is 0. The van der Waals surface area contributed by atoms with Crippen molar-refractivity contribution in [2.45, 2.75) is 70.6 Å². The second-order valence-corrected chi connectivity index (χ2v) is 5.91. The molecular weight excluding hydrogens is 248 g/mol. The second kappa shape index (κ2) is 5.77. The zero-order valence-corrected chi connectivity index (χ0v) is 12.2. The van der Waals surface area contributed by atoms with E-state index in [4.69, 9.17) is 18.9 Å². The lowest BCUT2D eigenvalue weighted by molar-refractivity contribution is -0.151. The number of hydrogen-bond acceptors (Lipinski definition) is 5. The van der Waals surface area contributed by atoms with Gasteiger partial charge in [-0.1, -0.05) is 13.3 Å². The predicted octanol–water partition coefficient (Wildman–Crippen LogP) is 1.68. The number of carbonyl (C=O) groups is 1. The molecule has 5 heteroatoms. The van der Waals surface area contributed by atoms with E-state index in [-0.39, 0.29) is 36.0 Å². The molecule has 19 heavy (non-hydrogen) atoms. The third-order valence-electron chi connectivity index (χ3n) is 3.60. The Balaban J connectivity index is 1.92. The molecule has 0 aromatic heterocycles. The van der Waals surface area contributed by atoms with Crippen LogP contribution in [0.3, 0.4) is 0 Å². The van der Waals surface area contributed by atoms with Crippen molar-refractivity contribution in [3.05, 3.63) is 0 Å². The van der Waals surface area contributed by atoms with Gasteiger partial charge in [0.2, 0.25) is 0 Å². The highest BCUT2D eigenvalue weighted by Crippen LogP contribution is 2.33. The van der Waals surface area contributed by atoms with Crippen molar-refractivity contribution in [3.8, 4) is 0 Å². The lowest BCUT2D eigenvalue weighted by Gasteiger charge is -2.30. The maximum absolute atomic E-state index is 11.0. The second-order valence-electron chi connectivity index (χ2n) is 5.91. The smallest absolute Gasteiger partial charge is 0.303 e. The number of hydrogen-bond donors (Lipinski definition) is 0. The minimum Gasteiger partial charge on any atom is -0.457 e. The molecule has 2 saturated heterocycles. The molecule has 0 aliphatic carbocycles. The number of carbonyl (C=O) groups excluding carboxylic acids is 1. The van der Waals surface area contributed by atoms with Gasteiger partial charge in [0.1, 0.15) is 18.3 Å². The first kappa shape index (κ1) is 14.8. The van der Waals surface area contributed by atoms with Crippen molar-refractivity contribution in [3.63, 3.8) is 0 Å². The van der Waals surface area contributed by atoms with Crippen LogP contribution in [-0.4, -0.2) is 49.2 Å². The van der Waals surface area contributed by atoms with E-state index in [0.717, 1.165) is 12.8 Å². The molecule has 110 valence electrons. The zero-order chi connectivity index (χ0) is 14.0. The predicted molar refractivity (Wildman–Crippen MR) is 68.9 cm³/mol. The van der Waals surface area contributed by atoms with Crippen molar-refractivity contribution >= 4 is 5.97 Å². The topological polar surface area (TPSA) is 54.0 Å². The fourth-order valence-electron chi connectivity index (χ4n) is 2.92. The van der Waals surface area contributed by atoms with E-state index >= 15 is 0 Å². The van der Waals surface area contributed by atoms with Gasteiger partial charge in [0.15, 0.2) is 6.10 Å². The molecule has 5 nitrogen and oxygen atoms in total. The molecule has 2 aliphatic rings. The van der Waals surface area contributed by atoms with E-state index in [9.17, 15) is 4.79 Å². The minimum atomic E-state index is -0.301. The van der Waals surface area contributed by atoms with Gasteiger partial charge in [0, 0.05) is 6.92 Å². The number of esters is 1. The standard InChI is InChI=1S/C14H24O5/c1-5-6-14(3,4)19-11-8-17-12-10(18-9(2)15)7-16-13(11)12/h10-13H,5-8H2,1-4H3/t10-,11-,12+,13+/m0/s1. The van der Waals surface area contributed by atoms with Gasteiger partial charge in [-0.25, -0.2) is 0 Å². The van der Waals surface area contributed by atoms with E-state index in [2.05, 4.69) is 20.8 Å². The molecule has 0 N–H and O–H groups in total. The van der Waals surface area contributed by atoms with Crippen molar-refractivity contribution < 1.29 is 23.7 Å². The molecular formula is C14H24O5. The van der Waals surface area contributed by atoms with Crippen LogP contribution in [0.2, 0.25) is 0 Å². The molecule has 0 aromatic carbocycles. The average molecular weight is 272 g/mol. The Morgan fingerprint density at radius 1 is 1.21 bits per heavy atom. The van der Waals surface area contributed by atoms with E-state index < -0.39 is 0 Å². The molecule has 4 atom stereocenters. The molecule has 2 aliphatic heterocycles. The first-order valence-electron chi connectivity index (χ1n) is 7.01. The Hall–Kier alpha value is -0.650. The van der Waals surface area contributed by atoms with Crippen LogP contribution in [-0.2, 0) is 23.7 Å². The molecule has 0 saturated carbocycles. The lowest BCUT2D eigenvalue weighted by atomic mass is 10.0. The van der Waals surface area contributed by atoms with Gasteiger partial charge in [0.05, 0.1) is 18.8 Å². The van der Waals surface area contributed by atoms with Crippen LogP contribution in [0.25, 0.3) is 0 Å². The van der Waals surface area contributed by atoms with E-state index in [1.807, 2.05) is 0 Å². The largest absolute Gasteiger partial charge is 0.457 e. The lowest BCUT2D eigenvalue weighted by Crippen LogP contribution is -2.39. The van der Waals surface area contributed by atoms with Gasteiger partial charge >= 0.3 is 5.97 Å². The molecule has 0 bridgehead atoms. The van der Waals surface area contributed by atoms with Gasteiger partial charge in [-0.15, -0.1) is 0 Å². The Bertz CT molecular complexity index is 328. The number of ether oxygens (including phenoxy) is 4. The average Bonchev–Trinajstić information content (AvgIpc) is 2.82. The Morgan fingerprint density at radius 3 is 2.37 bits per heavy atom. The van der Waals surface area contributed by atoms with Crippen LogP contribution in [0.4, 0.5) is 0 Å². The summed E-state index contributed by atoms with van der Waals surface area (Å²) in [5.41, 5.74) is -0.180. The van der Waals surface area contributed by atoms with Crippen molar-refractivity contribution in [1.82, 2.24) is 0 Å². The van der Waals surface area contributed by atoms with Gasteiger partial charge in [-0.05, 0) is 20.3 Å². The van der Waals surface area contributed by atoms with Crippen LogP contribution < -0.4 is 0 Å². The summed E-state index contributed by atoms with van der Waals surface area (Å²) < 4.78 is 22.7. The van der Waals surface area contributed by atoms with Crippen LogP contribution >= 0.6 is 0 Å². The van der Waals surface area contributed by atoms with Gasteiger partial charge in [-0.2, -0.15) is 0 Å². The summed E-state index contributed by atoms with van der Waals surface area (Å²) in [7, 11) is 0. The third kappa shape index (κ3) is 3.46. The highest BCUT2D eigenvalue weighted by Gasteiger charge is 2.50. The molecule has 0 amide bonds. The van der Waals surface area contributed by atoms with Crippen LogP contribution in [0.5, 0.6) is 0 Å². The SMILES string of the molecule is CCCC(C)(C)O[C@H]1CO[C@H]2[C@@H]1OC[C@@H]2OC(C)=O. The Labute approximate surface area is 114 Å². The molecule has 0 radical (unpaired) electrons. The maximum atomic E-state index is 11.0. The highest BCUT2D eigenvalue weighted by molar-refractivity contribution is 5.66. The minimum absolute atomic E-state index is 0.0768. The summed E-state index contributed by atoms with van der Waals surface area (Å²) in [5.74, 6) is -0.298. The molecule has 2 heterocycles. The van der Waals surface area contributed by atoms with Crippen LogP contribution in [0, 0.1) is 0 Å². The highest BCUT2D eigenvalue weighted by atomic mass is 16.7. The first-order chi connectivity index (χ1) is 8.93. The molecule has 2 rings (SSSR count). The van der Waals surface area contributed by atoms with Crippen molar-refractivity contribution in [1.29, 1.82) is 0 Å². The zero-order valence-electron chi connectivity index (χ0n) is 12.2. The monoisotopic (exact) mass is 272 g/mol. The molecule has 0 aromatic rings. The summed E-state index contributed by atoms with van der Waals surface area (Å²) in [6.07, 6.45) is 1.38. The maximum Gasteiger partial charge on any atom is 0.303 e. The fourth-order valence-corrected chi connectivity index (χ4v) is 2.92. The van der Waals surface area contributed by atoms with Crippen LogP contribution in [0.1, 0.15) is 40.5 Å². The molecule has 0 spiro atoms. The Morgan fingerprint density at radius 2 is 1.79 bits per heavy atom. The molecule has 2 fully saturated rings. The summed E-state index contributed by atoms with van der Waals surface area (Å²) >= 11 is 0. The normalized spacial score (nSPS) is 34.3. The summed E-state index contributed by atoms with van der Waals surface area (Å²) in [6, 6.07) is 0. The van der Waals surface area contributed by atoms with Gasteiger partial charge < -0.3 is 18.9 Å². The van der Waals surface area contributed by atoms with Crippen LogP contribution in [0.15, 0.2) is 0 Å². The van der Waals surface area contributed by atoms with Gasteiger partial charge in [-0.3, -0.25) is 4.79 Å². The first-order valence-corrected chi connectivity index (χ1v) is 7.01.